The lowest BCUT2D eigenvalue weighted by Gasteiger charge is -2.16. The lowest BCUT2D eigenvalue weighted by atomic mass is 10.2. The summed E-state index contributed by atoms with van der Waals surface area (Å²) in [6.07, 6.45) is 0. The number of hydrogen-bond acceptors (Lipinski definition) is 5. The minimum Gasteiger partial charge on any atom is -0.495 e. The minimum atomic E-state index is -4.04. The number of anilines is 2. The molecule has 0 heterocycles. The summed E-state index contributed by atoms with van der Waals surface area (Å²) in [5.74, 6) is 0.172. The molecular weight excluding hydrogens is 460 g/mol. The molecule has 10 heteroatoms. The maximum atomic E-state index is 13.0. The Balaban J connectivity index is 2.01. The van der Waals surface area contributed by atoms with Crippen molar-refractivity contribution >= 4 is 43.0 Å². The first-order valence-electron chi connectivity index (χ1n) is 9.09. The second-order valence-electron chi connectivity index (χ2n) is 6.82. The molecule has 31 heavy (non-hydrogen) atoms. The summed E-state index contributed by atoms with van der Waals surface area (Å²) in [6.45, 7) is 3.46. The zero-order valence-electron chi connectivity index (χ0n) is 17.0. The number of rotatable bonds is 7. The van der Waals surface area contributed by atoms with Crippen LogP contribution in [0.25, 0.3) is 0 Å². The third kappa shape index (κ3) is 5.12. The van der Waals surface area contributed by atoms with Crippen molar-refractivity contribution in [1.82, 2.24) is 0 Å². The number of methoxy groups -OCH3 is 1. The van der Waals surface area contributed by atoms with Gasteiger partial charge in [0.1, 0.15) is 5.75 Å². The highest BCUT2D eigenvalue weighted by atomic mass is 35.5. The average molecular weight is 481 g/mol. The van der Waals surface area contributed by atoms with E-state index in [0.717, 1.165) is 5.56 Å². The van der Waals surface area contributed by atoms with Crippen molar-refractivity contribution in [2.75, 3.05) is 16.6 Å². The van der Waals surface area contributed by atoms with E-state index in [1.807, 2.05) is 6.07 Å². The molecule has 3 aromatic carbocycles. The Morgan fingerprint density at radius 1 is 0.806 bits per heavy atom. The van der Waals surface area contributed by atoms with Crippen LogP contribution in [0.15, 0.2) is 70.5 Å². The summed E-state index contributed by atoms with van der Waals surface area (Å²) < 4.78 is 61.7. The smallest absolute Gasteiger partial charge is 0.262 e. The van der Waals surface area contributed by atoms with E-state index in [-0.39, 0.29) is 31.9 Å². The highest BCUT2D eigenvalue weighted by Crippen LogP contribution is 2.32. The predicted octanol–water partition coefficient (Wildman–Crippen LogP) is 4.57. The fourth-order valence-electron chi connectivity index (χ4n) is 2.88. The summed E-state index contributed by atoms with van der Waals surface area (Å²) in [5, 5.41) is 0.232. The second kappa shape index (κ2) is 8.78. The fraction of sp³-hybridized carbons (Fsp3) is 0.143. The average Bonchev–Trinajstić information content (AvgIpc) is 2.71. The zero-order valence-corrected chi connectivity index (χ0v) is 19.4. The van der Waals surface area contributed by atoms with Gasteiger partial charge in [0.25, 0.3) is 20.0 Å². The van der Waals surface area contributed by atoms with Crippen molar-refractivity contribution in [2.24, 2.45) is 0 Å². The van der Waals surface area contributed by atoms with Gasteiger partial charge in [-0.15, -0.1) is 0 Å². The van der Waals surface area contributed by atoms with E-state index >= 15 is 0 Å². The van der Waals surface area contributed by atoms with Crippen LogP contribution in [0, 0.1) is 13.8 Å². The lowest BCUT2D eigenvalue weighted by molar-refractivity contribution is 0.416. The Bertz CT molecular complexity index is 1340. The molecule has 0 saturated heterocycles. The summed E-state index contributed by atoms with van der Waals surface area (Å²) >= 11 is 6.04. The zero-order chi connectivity index (χ0) is 22.8. The summed E-state index contributed by atoms with van der Waals surface area (Å²) in [6, 6.07) is 15.3. The van der Waals surface area contributed by atoms with Crippen LogP contribution in [-0.4, -0.2) is 23.9 Å². The first-order valence-corrected chi connectivity index (χ1v) is 12.4. The standard InChI is InChI=1S/C21H21ClN2O5S2/c1-14-8-9-15(2)21(12-14)31(27,28)24-19-13-16(10-11-20(19)29-3)30(25,26)23-18-7-5-4-6-17(18)22/h4-13,23-24H,1-3H3. The number of sulfonamides is 2. The highest BCUT2D eigenvalue weighted by molar-refractivity contribution is 7.93. The van der Waals surface area contributed by atoms with Gasteiger partial charge in [-0.1, -0.05) is 35.9 Å². The molecule has 2 N–H and O–H groups in total. The van der Waals surface area contributed by atoms with Crippen molar-refractivity contribution in [3.8, 4) is 5.75 Å². The molecule has 0 radical (unpaired) electrons. The van der Waals surface area contributed by atoms with Crippen molar-refractivity contribution in [1.29, 1.82) is 0 Å². The normalized spacial score (nSPS) is 11.7. The number of hydrogen-bond donors (Lipinski definition) is 2. The molecule has 0 atom stereocenters. The molecule has 0 bridgehead atoms. The van der Waals surface area contributed by atoms with Gasteiger partial charge >= 0.3 is 0 Å². The molecule has 3 rings (SSSR count). The van der Waals surface area contributed by atoms with E-state index in [0.29, 0.717) is 5.56 Å². The number of ether oxygens (including phenoxy) is 1. The van der Waals surface area contributed by atoms with Crippen molar-refractivity contribution in [3.63, 3.8) is 0 Å². The predicted molar refractivity (Wildman–Crippen MR) is 122 cm³/mol. The van der Waals surface area contributed by atoms with Crippen LogP contribution >= 0.6 is 11.6 Å². The Morgan fingerprint density at radius 2 is 1.48 bits per heavy atom. The van der Waals surface area contributed by atoms with E-state index in [1.165, 1.54) is 31.4 Å². The molecule has 164 valence electrons. The topological polar surface area (TPSA) is 102 Å². The van der Waals surface area contributed by atoms with Crippen molar-refractivity contribution in [2.45, 2.75) is 23.6 Å². The van der Waals surface area contributed by atoms with Gasteiger partial charge in [0, 0.05) is 0 Å². The van der Waals surface area contributed by atoms with Crippen molar-refractivity contribution in [3.05, 3.63) is 76.8 Å². The molecular formula is C21H21ClN2O5S2. The Hall–Kier alpha value is -2.75. The lowest BCUT2D eigenvalue weighted by Crippen LogP contribution is -2.17. The van der Waals surface area contributed by atoms with Crippen LogP contribution < -0.4 is 14.2 Å². The Morgan fingerprint density at radius 3 is 2.16 bits per heavy atom. The van der Waals surface area contributed by atoms with Gasteiger partial charge in [-0.25, -0.2) is 16.8 Å². The number of halogens is 1. The van der Waals surface area contributed by atoms with Crippen LogP contribution in [0.4, 0.5) is 11.4 Å². The third-order valence-corrected chi connectivity index (χ3v) is 7.68. The second-order valence-corrected chi connectivity index (χ2v) is 10.6. The van der Waals surface area contributed by atoms with Crippen LogP contribution in [0.2, 0.25) is 5.02 Å². The van der Waals surface area contributed by atoms with Gasteiger partial charge in [0.05, 0.1) is 33.3 Å². The SMILES string of the molecule is COc1ccc(S(=O)(=O)Nc2ccccc2Cl)cc1NS(=O)(=O)c1cc(C)ccc1C. The van der Waals surface area contributed by atoms with Gasteiger partial charge in [0.2, 0.25) is 0 Å². The molecule has 0 saturated carbocycles. The molecule has 0 aliphatic rings. The number of benzene rings is 3. The fourth-order valence-corrected chi connectivity index (χ4v) is 5.61. The first-order chi connectivity index (χ1) is 14.5. The summed E-state index contributed by atoms with van der Waals surface area (Å²) in [7, 11) is -6.67. The van der Waals surface area contributed by atoms with E-state index in [9.17, 15) is 16.8 Å². The molecule has 0 amide bonds. The molecule has 3 aromatic rings. The number of aryl methyl sites for hydroxylation is 2. The number of para-hydroxylation sites is 1. The Labute approximate surface area is 187 Å². The van der Waals surface area contributed by atoms with Crippen LogP contribution in [-0.2, 0) is 20.0 Å². The van der Waals surface area contributed by atoms with Crippen LogP contribution in [0.1, 0.15) is 11.1 Å². The highest BCUT2D eigenvalue weighted by Gasteiger charge is 2.22. The Kier molecular flexibility index (Phi) is 6.49. The summed E-state index contributed by atoms with van der Waals surface area (Å²) in [4.78, 5) is -0.0658. The molecule has 0 unspecified atom stereocenters. The molecule has 0 aliphatic heterocycles. The van der Waals surface area contributed by atoms with Crippen molar-refractivity contribution < 1.29 is 21.6 Å². The third-order valence-electron chi connectivity index (χ3n) is 4.48. The maximum Gasteiger partial charge on any atom is 0.262 e. The van der Waals surface area contributed by atoms with Crippen LogP contribution in [0.3, 0.4) is 0 Å². The largest absolute Gasteiger partial charge is 0.495 e. The first kappa shape index (κ1) is 22.9. The molecule has 0 spiro atoms. The monoisotopic (exact) mass is 480 g/mol. The molecule has 7 nitrogen and oxygen atoms in total. The quantitative estimate of drug-likeness (QED) is 0.516. The molecule has 0 aromatic heterocycles. The van der Waals surface area contributed by atoms with Gasteiger partial charge in [-0.05, 0) is 61.4 Å². The van der Waals surface area contributed by atoms with E-state index in [2.05, 4.69) is 9.44 Å². The van der Waals surface area contributed by atoms with Gasteiger partial charge < -0.3 is 4.74 Å². The van der Waals surface area contributed by atoms with E-state index in [4.69, 9.17) is 16.3 Å². The van der Waals surface area contributed by atoms with Crippen LogP contribution in [0.5, 0.6) is 5.75 Å². The molecule has 0 fully saturated rings. The van der Waals surface area contributed by atoms with Gasteiger partial charge in [-0.2, -0.15) is 0 Å². The van der Waals surface area contributed by atoms with Gasteiger partial charge in [-0.3, -0.25) is 9.44 Å². The van der Waals surface area contributed by atoms with E-state index < -0.39 is 20.0 Å². The van der Waals surface area contributed by atoms with Gasteiger partial charge in [0.15, 0.2) is 0 Å². The maximum absolute atomic E-state index is 13.0. The number of nitrogens with one attached hydrogen (secondary N) is 2. The minimum absolute atomic E-state index is 0.00885. The van der Waals surface area contributed by atoms with E-state index in [1.54, 1.807) is 44.2 Å². The molecule has 0 aliphatic carbocycles. The summed E-state index contributed by atoms with van der Waals surface area (Å²) in [5.41, 5.74) is 1.53.